The van der Waals surface area contributed by atoms with E-state index in [1.54, 1.807) is 0 Å². The van der Waals surface area contributed by atoms with Crippen LogP contribution in [-0.2, 0) is 14.3 Å². The summed E-state index contributed by atoms with van der Waals surface area (Å²) in [6, 6.07) is 0. The molecule has 3 heteroatoms. The standard InChI is InChI=1S/C22H44O3/c1-7-11-13-20(9-3)16-24-19(6)15-18(5)22(23)25-17-21(10-4)14-12-8-2/h18-21H,7-17H2,1-6H3. The van der Waals surface area contributed by atoms with E-state index < -0.39 is 0 Å². The third kappa shape index (κ3) is 12.4. The van der Waals surface area contributed by atoms with E-state index in [1.165, 1.54) is 38.5 Å². The number of carbonyl (C=O) groups excluding carboxylic acids is 1. The molecule has 0 aliphatic rings. The summed E-state index contributed by atoms with van der Waals surface area (Å²) in [5.74, 6) is 1.00. The highest BCUT2D eigenvalue weighted by Crippen LogP contribution is 2.18. The van der Waals surface area contributed by atoms with Crippen molar-refractivity contribution in [3.63, 3.8) is 0 Å². The molecule has 0 aliphatic carbocycles. The molecule has 0 aromatic heterocycles. The number of ether oxygens (including phenoxy) is 2. The molecular weight excluding hydrogens is 312 g/mol. The first-order valence-electron chi connectivity index (χ1n) is 10.8. The van der Waals surface area contributed by atoms with Crippen molar-refractivity contribution in [1.29, 1.82) is 0 Å². The molecule has 0 radical (unpaired) electrons. The number of carbonyl (C=O) groups is 1. The molecular formula is C22H44O3. The SMILES string of the molecule is CCCCC(CC)COC(=O)C(C)CC(C)OCC(CC)CCCC. The summed E-state index contributed by atoms with van der Waals surface area (Å²) >= 11 is 0. The summed E-state index contributed by atoms with van der Waals surface area (Å²) in [5, 5.41) is 0. The van der Waals surface area contributed by atoms with Crippen LogP contribution in [0.3, 0.4) is 0 Å². The van der Waals surface area contributed by atoms with Gasteiger partial charge in [-0.25, -0.2) is 0 Å². The van der Waals surface area contributed by atoms with E-state index in [9.17, 15) is 4.79 Å². The maximum absolute atomic E-state index is 12.2. The third-order valence-electron chi connectivity index (χ3n) is 5.25. The second-order valence-electron chi connectivity index (χ2n) is 7.74. The van der Waals surface area contributed by atoms with Gasteiger partial charge in [0.05, 0.1) is 18.6 Å². The van der Waals surface area contributed by atoms with E-state index in [0.29, 0.717) is 18.4 Å². The molecule has 0 saturated carbocycles. The summed E-state index contributed by atoms with van der Waals surface area (Å²) in [6.45, 7) is 14.3. The van der Waals surface area contributed by atoms with Crippen molar-refractivity contribution >= 4 is 5.97 Å². The molecule has 0 spiro atoms. The Morgan fingerprint density at radius 2 is 1.36 bits per heavy atom. The van der Waals surface area contributed by atoms with Crippen LogP contribution in [0.25, 0.3) is 0 Å². The average molecular weight is 357 g/mol. The van der Waals surface area contributed by atoms with E-state index in [4.69, 9.17) is 9.47 Å². The summed E-state index contributed by atoms with van der Waals surface area (Å²) in [5.41, 5.74) is 0. The predicted octanol–water partition coefficient (Wildman–Crippen LogP) is 6.39. The molecule has 0 amide bonds. The molecule has 0 N–H and O–H groups in total. The minimum atomic E-state index is -0.0885. The van der Waals surface area contributed by atoms with Gasteiger partial charge < -0.3 is 9.47 Å². The Morgan fingerprint density at radius 3 is 1.84 bits per heavy atom. The lowest BCUT2D eigenvalue weighted by Gasteiger charge is -2.21. The van der Waals surface area contributed by atoms with Crippen molar-refractivity contribution in [2.45, 2.75) is 105 Å². The molecule has 3 nitrogen and oxygen atoms in total. The average Bonchev–Trinajstić information content (AvgIpc) is 2.61. The Bertz CT molecular complexity index is 316. The Hall–Kier alpha value is -0.570. The maximum atomic E-state index is 12.2. The predicted molar refractivity (Wildman–Crippen MR) is 107 cm³/mol. The molecule has 0 aliphatic heterocycles. The summed E-state index contributed by atoms with van der Waals surface area (Å²) in [7, 11) is 0. The van der Waals surface area contributed by atoms with Gasteiger partial charge in [-0.3, -0.25) is 4.79 Å². The van der Waals surface area contributed by atoms with Gasteiger partial charge >= 0.3 is 5.97 Å². The normalized spacial score (nSPS) is 16.2. The first kappa shape index (κ1) is 24.4. The van der Waals surface area contributed by atoms with Gasteiger partial charge in [0.1, 0.15) is 0 Å². The molecule has 0 fully saturated rings. The maximum Gasteiger partial charge on any atom is 0.308 e. The van der Waals surface area contributed by atoms with E-state index in [1.807, 2.05) is 6.92 Å². The van der Waals surface area contributed by atoms with Gasteiger partial charge in [-0.05, 0) is 38.0 Å². The van der Waals surface area contributed by atoms with Gasteiger partial charge in [-0.2, -0.15) is 0 Å². The minimum Gasteiger partial charge on any atom is -0.465 e. The van der Waals surface area contributed by atoms with Crippen LogP contribution in [0.5, 0.6) is 0 Å². The first-order valence-corrected chi connectivity index (χ1v) is 10.8. The molecule has 0 saturated heterocycles. The van der Waals surface area contributed by atoms with Crippen molar-refractivity contribution in [3.8, 4) is 0 Å². The van der Waals surface area contributed by atoms with Crippen LogP contribution in [0, 0.1) is 17.8 Å². The zero-order valence-electron chi connectivity index (χ0n) is 17.8. The monoisotopic (exact) mass is 356 g/mol. The topological polar surface area (TPSA) is 35.5 Å². The van der Waals surface area contributed by atoms with Crippen molar-refractivity contribution in [2.24, 2.45) is 17.8 Å². The lowest BCUT2D eigenvalue weighted by molar-refractivity contribution is -0.150. The van der Waals surface area contributed by atoms with Crippen LogP contribution in [-0.4, -0.2) is 25.3 Å². The number of unbranched alkanes of at least 4 members (excludes halogenated alkanes) is 2. The summed E-state index contributed by atoms with van der Waals surface area (Å²) in [6.07, 6.45) is 10.4. The first-order chi connectivity index (χ1) is 12.0. The fraction of sp³-hybridized carbons (Fsp3) is 0.955. The summed E-state index contributed by atoms with van der Waals surface area (Å²) < 4.78 is 11.6. The zero-order chi connectivity index (χ0) is 19.1. The molecule has 0 aromatic rings. The molecule has 0 rings (SSSR count). The van der Waals surface area contributed by atoms with Crippen LogP contribution < -0.4 is 0 Å². The Labute approximate surface area is 157 Å². The van der Waals surface area contributed by atoms with Gasteiger partial charge in [0, 0.05) is 6.61 Å². The molecule has 25 heavy (non-hydrogen) atoms. The van der Waals surface area contributed by atoms with Gasteiger partial charge in [0.15, 0.2) is 0 Å². The molecule has 4 unspecified atom stereocenters. The van der Waals surface area contributed by atoms with Crippen LogP contribution in [0.15, 0.2) is 0 Å². The molecule has 0 heterocycles. The Morgan fingerprint density at radius 1 is 0.840 bits per heavy atom. The Kier molecular flexibility index (Phi) is 15.3. The highest BCUT2D eigenvalue weighted by Gasteiger charge is 2.20. The van der Waals surface area contributed by atoms with Gasteiger partial charge in [0.25, 0.3) is 0 Å². The third-order valence-corrected chi connectivity index (χ3v) is 5.25. The quantitative estimate of drug-likeness (QED) is 0.300. The fourth-order valence-electron chi connectivity index (χ4n) is 3.10. The molecule has 0 aromatic carbocycles. The number of rotatable bonds is 16. The summed E-state index contributed by atoms with van der Waals surface area (Å²) in [4.78, 5) is 12.2. The fourth-order valence-corrected chi connectivity index (χ4v) is 3.10. The van der Waals surface area contributed by atoms with E-state index >= 15 is 0 Å². The second kappa shape index (κ2) is 15.7. The second-order valence-corrected chi connectivity index (χ2v) is 7.74. The lowest BCUT2D eigenvalue weighted by atomic mass is 9.99. The number of esters is 1. The minimum absolute atomic E-state index is 0.0663. The molecule has 150 valence electrons. The molecule has 4 atom stereocenters. The number of hydrogen-bond acceptors (Lipinski definition) is 3. The van der Waals surface area contributed by atoms with Crippen LogP contribution in [0.1, 0.15) is 99.3 Å². The van der Waals surface area contributed by atoms with E-state index in [0.717, 1.165) is 25.9 Å². The van der Waals surface area contributed by atoms with Gasteiger partial charge in [-0.15, -0.1) is 0 Å². The van der Waals surface area contributed by atoms with Gasteiger partial charge in [0.2, 0.25) is 0 Å². The van der Waals surface area contributed by atoms with Crippen molar-refractivity contribution in [2.75, 3.05) is 13.2 Å². The lowest BCUT2D eigenvalue weighted by Crippen LogP contribution is -2.24. The van der Waals surface area contributed by atoms with Crippen LogP contribution in [0.4, 0.5) is 0 Å². The van der Waals surface area contributed by atoms with Crippen molar-refractivity contribution < 1.29 is 14.3 Å². The van der Waals surface area contributed by atoms with Crippen molar-refractivity contribution in [1.82, 2.24) is 0 Å². The van der Waals surface area contributed by atoms with Crippen LogP contribution in [0.2, 0.25) is 0 Å². The van der Waals surface area contributed by atoms with Gasteiger partial charge in [-0.1, -0.05) is 73.1 Å². The van der Waals surface area contributed by atoms with E-state index in [2.05, 4.69) is 34.6 Å². The van der Waals surface area contributed by atoms with Crippen LogP contribution >= 0.6 is 0 Å². The van der Waals surface area contributed by atoms with E-state index in [-0.39, 0.29) is 18.0 Å². The van der Waals surface area contributed by atoms with Crippen molar-refractivity contribution in [3.05, 3.63) is 0 Å². The Balaban J connectivity index is 4.07. The smallest absolute Gasteiger partial charge is 0.308 e. The molecule has 0 bridgehead atoms. The largest absolute Gasteiger partial charge is 0.465 e. The zero-order valence-corrected chi connectivity index (χ0v) is 17.8. The highest BCUT2D eigenvalue weighted by molar-refractivity contribution is 5.71. The highest BCUT2D eigenvalue weighted by atomic mass is 16.5. The number of hydrogen-bond donors (Lipinski definition) is 0.